The molecule has 0 bridgehead atoms. The number of benzene rings is 1. The van der Waals surface area contributed by atoms with Crippen LogP contribution in [0.4, 0.5) is 0 Å². The Labute approximate surface area is 157 Å². The summed E-state index contributed by atoms with van der Waals surface area (Å²) < 4.78 is 7.73. The average molecular weight is 365 g/mol. The van der Waals surface area contributed by atoms with Gasteiger partial charge in [0.25, 0.3) is 0 Å². The highest BCUT2D eigenvalue weighted by molar-refractivity contribution is 6.18. The van der Waals surface area contributed by atoms with E-state index >= 15 is 0 Å². The number of ether oxygens (including phenoxy) is 1. The number of aromatic nitrogens is 2. The molecule has 1 aromatic carbocycles. The van der Waals surface area contributed by atoms with Gasteiger partial charge in [-0.1, -0.05) is 31.2 Å². The van der Waals surface area contributed by atoms with E-state index in [0.717, 1.165) is 17.8 Å². The summed E-state index contributed by atoms with van der Waals surface area (Å²) in [5.41, 5.74) is 8.32. The molecule has 1 amide bonds. The molecule has 3 aromatic rings. The number of aliphatic hydroxyl groups excluding tert-OH is 1. The van der Waals surface area contributed by atoms with E-state index < -0.39 is 5.91 Å². The van der Waals surface area contributed by atoms with Crippen molar-refractivity contribution < 1.29 is 14.6 Å². The number of hydrogen-bond acceptors (Lipinski definition) is 4. The van der Waals surface area contributed by atoms with Crippen molar-refractivity contribution in [3.63, 3.8) is 0 Å². The number of rotatable bonds is 8. The third-order valence-corrected chi connectivity index (χ3v) is 4.39. The maximum absolute atomic E-state index is 11.8. The van der Waals surface area contributed by atoms with Crippen molar-refractivity contribution in [2.24, 2.45) is 11.7 Å². The lowest BCUT2D eigenvalue weighted by molar-refractivity contribution is -0.112. The molecule has 0 fully saturated rings. The zero-order valence-electron chi connectivity index (χ0n) is 15.2. The molecular weight excluding hydrogens is 342 g/mol. The monoisotopic (exact) mass is 365 g/mol. The molecular formula is C21H23N3O3. The zero-order valence-corrected chi connectivity index (χ0v) is 15.2. The van der Waals surface area contributed by atoms with E-state index in [9.17, 15) is 9.90 Å². The average Bonchev–Trinajstić information content (AvgIpc) is 3.11. The summed E-state index contributed by atoms with van der Waals surface area (Å²) in [5, 5.41) is 9.35. The smallest absolute Gasteiger partial charge is 0.248 e. The summed E-state index contributed by atoms with van der Waals surface area (Å²) in [7, 11) is 0. The molecule has 0 saturated carbocycles. The molecule has 2 aromatic heterocycles. The number of hydrogen-bond donors (Lipinski definition) is 2. The number of aliphatic hydroxyl groups is 1. The lowest BCUT2D eigenvalue weighted by atomic mass is 9.98. The fourth-order valence-corrected chi connectivity index (χ4v) is 2.80. The minimum atomic E-state index is -0.514. The number of nitrogens with two attached hydrogens (primary N) is 1. The third kappa shape index (κ3) is 4.54. The van der Waals surface area contributed by atoms with Crippen LogP contribution in [-0.4, -0.2) is 27.0 Å². The molecule has 0 aliphatic rings. The normalized spacial score (nSPS) is 12.9. The van der Waals surface area contributed by atoms with Gasteiger partial charge in [0.05, 0.1) is 5.69 Å². The highest BCUT2D eigenvalue weighted by Gasteiger charge is 2.12. The first-order valence-corrected chi connectivity index (χ1v) is 8.89. The van der Waals surface area contributed by atoms with Crippen molar-refractivity contribution in [1.29, 1.82) is 0 Å². The van der Waals surface area contributed by atoms with Crippen LogP contribution in [0.15, 0.2) is 60.9 Å². The van der Waals surface area contributed by atoms with Crippen LogP contribution in [-0.2, 0) is 11.4 Å². The van der Waals surface area contributed by atoms with E-state index in [2.05, 4.69) is 4.98 Å². The lowest BCUT2D eigenvalue weighted by Gasteiger charge is -2.11. The minimum Gasteiger partial charge on any atom is -0.487 e. The van der Waals surface area contributed by atoms with E-state index in [1.807, 2.05) is 41.9 Å². The molecule has 140 valence electrons. The van der Waals surface area contributed by atoms with Crippen molar-refractivity contribution in [1.82, 2.24) is 9.38 Å². The van der Waals surface area contributed by atoms with Gasteiger partial charge < -0.3 is 20.0 Å². The van der Waals surface area contributed by atoms with E-state index in [4.69, 9.17) is 10.5 Å². The molecule has 3 N–H and O–H groups in total. The van der Waals surface area contributed by atoms with Crippen molar-refractivity contribution in [2.75, 3.05) is 6.61 Å². The second-order valence-corrected chi connectivity index (χ2v) is 6.31. The van der Waals surface area contributed by atoms with E-state index in [1.165, 1.54) is 0 Å². The van der Waals surface area contributed by atoms with Gasteiger partial charge in [0.1, 0.15) is 18.0 Å². The van der Waals surface area contributed by atoms with Crippen LogP contribution in [0.25, 0.3) is 11.2 Å². The number of nitrogens with zero attached hydrogens (tertiary/aromatic N) is 2. The largest absolute Gasteiger partial charge is 0.487 e. The summed E-state index contributed by atoms with van der Waals surface area (Å²) in [6.07, 6.45) is 6.33. The van der Waals surface area contributed by atoms with Crippen LogP contribution >= 0.6 is 0 Å². The van der Waals surface area contributed by atoms with Crippen LogP contribution in [0.5, 0.6) is 5.75 Å². The number of fused-ring (bicyclic) bond motifs is 1. The Hall–Kier alpha value is -3.12. The Morgan fingerprint density at radius 3 is 2.70 bits per heavy atom. The van der Waals surface area contributed by atoms with Gasteiger partial charge in [0.2, 0.25) is 5.91 Å². The first-order valence-electron chi connectivity index (χ1n) is 8.89. The van der Waals surface area contributed by atoms with E-state index in [1.54, 1.807) is 30.3 Å². The number of primary amides is 1. The van der Waals surface area contributed by atoms with Crippen LogP contribution in [0, 0.1) is 5.92 Å². The molecule has 0 aliphatic heterocycles. The highest BCUT2D eigenvalue weighted by Crippen LogP contribution is 2.22. The molecule has 6 heteroatoms. The molecule has 3 rings (SSSR count). The maximum Gasteiger partial charge on any atom is 0.248 e. The van der Waals surface area contributed by atoms with Gasteiger partial charge in [-0.05, 0) is 36.2 Å². The Bertz CT molecular complexity index is 908. The van der Waals surface area contributed by atoms with Gasteiger partial charge in [-0.3, -0.25) is 4.79 Å². The lowest BCUT2D eigenvalue weighted by Crippen LogP contribution is -2.15. The molecule has 0 radical (unpaired) electrons. The number of imidazole rings is 1. The quantitative estimate of drug-likeness (QED) is 0.601. The third-order valence-electron chi connectivity index (χ3n) is 4.39. The van der Waals surface area contributed by atoms with Gasteiger partial charge in [-0.15, -0.1) is 0 Å². The number of pyridine rings is 1. The van der Waals surface area contributed by atoms with Crippen molar-refractivity contribution >= 4 is 17.1 Å². The van der Waals surface area contributed by atoms with Crippen molar-refractivity contribution in [2.45, 2.75) is 20.0 Å². The van der Waals surface area contributed by atoms with Gasteiger partial charge in [0, 0.05) is 30.5 Å². The maximum atomic E-state index is 11.8. The van der Waals surface area contributed by atoms with Crippen molar-refractivity contribution in [3.05, 3.63) is 72.2 Å². The SMILES string of the molecule is CCC(C=C(C(N)=O)c1ccc(OCc2cn3ccccc3n2)cc1)CO. The van der Waals surface area contributed by atoms with Gasteiger partial charge in [-0.25, -0.2) is 4.98 Å². The Kier molecular flexibility index (Phi) is 5.88. The van der Waals surface area contributed by atoms with Gasteiger partial charge >= 0.3 is 0 Å². The summed E-state index contributed by atoms with van der Waals surface area (Å²) in [6.45, 7) is 2.28. The first kappa shape index (κ1) is 18.7. The zero-order chi connectivity index (χ0) is 19.2. The second kappa shape index (κ2) is 8.51. The Balaban J connectivity index is 1.71. The summed E-state index contributed by atoms with van der Waals surface area (Å²) >= 11 is 0. The number of carbonyl (C=O) groups excluding carboxylic acids is 1. The van der Waals surface area contributed by atoms with Crippen LogP contribution in [0.2, 0.25) is 0 Å². The van der Waals surface area contributed by atoms with E-state index in [-0.39, 0.29) is 12.5 Å². The van der Waals surface area contributed by atoms with E-state index in [0.29, 0.717) is 23.5 Å². The standard InChI is InChI=1S/C21H23N3O3/c1-2-15(13-25)11-19(21(22)26)16-6-8-18(9-7-16)27-14-17-12-24-10-4-3-5-20(24)23-17/h3-12,15,25H,2,13-14H2,1H3,(H2,22,26). The van der Waals surface area contributed by atoms with Crippen LogP contribution in [0.1, 0.15) is 24.6 Å². The molecule has 27 heavy (non-hydrogen) atoms. The summed E-state index contributed by atoms with van der Waals surface area (Å²) in [5.74, 6) is 0.0626. The molecule has 1 unspecified atom stereocenters. The molecule has 1 atom stereocenters. The predicted molar refractivity (Wildman–Crippen MR) is 104 cm³/mol. The topological polar surface area (TPSA) is 89.9 Å². The summed E-state index contributed by atoms with van der Waals surface area (Å²) in [4.78, 5) is 16.3. The number of carbonyl (C=O) groups is 1. The van der Waals surface area contributed by atoms with Gasteiger partial charge in [-0.2, -0.15) is 0 Å². The van der Waals surface area contributed by atoms with Crippen molar-refractivity contribution in [3.8, 4) is 5.75 Å². The fraction of sp³-hybridized carbons (Fsp3) is 0.238. The molecule has 6 nitrogen and oxygen atoms in total. The molecule has 2 heterocycles. The summed E-state index contributed by atoms with van der Waals surface area (Å²) in [6, 6.07) is 13.0. The molecule has 0 spiro atoms. The molecule has 0 aliphatic carbocycles. The molecule has 0 saturated heterocycles. The van der Waals surface area contributed by atoms with Gasteiger partial charge in [0.15, 0.2) is 0 Å². The minimum absolute atomic E-state index is 0.0204. The highest BCUT2D eigenvalue weighted by atomic mass is 16.5. The number of amides is 1. The Morgan fingerprint density at radius 2 is 2.07 bits per heavy atom. The predicted octanol–water partition coefficient (Wildman–Crippen LogP) is 2.80. The fourth-order valence-electron chi connectivity index (χ4n) is 2.80. The second-order valence-electron chi connectivity index (χ2n) is 6.31. The first-order chi connectivity index (χ1) is 13.1. The van der Waals surface area contributed by atoms with Crippen LogP contribution < -0.4 is 10.5 Å². The van der Waals surface area contributed by atoms with Crippen LogP contribution in [0.3, 0.4) is 0 Å². The Morgan fingerprint density at radius 1 is 1.30 bits per heavy atom.